The molecule has 0 aliphatic carbocycles. The molecule has 0 radical (unpaired) electrons. The zero-order valence-electron chi connectivity index (χ0n) is 18.4. The number of ether oxygens (including phenoxy) is 1. The van der Waals surface area contributed by atoms with Gasteiger partial charge in [-0.3, -0.25) is 9.59 Å². The van der Waals surface area contributed by atoms with Gasteiger partial charge in [0.15, 0.2) is 0 Å². The SMILES string of the molecule is CCCCCN1C(=O)C(=O)/C(=C(/O)c2cc(C)cc(C)c2OC)C1c1ccc(F)cc1. The quantitative estimate of drug-likeness (QED) is 0.291. The smallest absolute Gasteiger partial charge is 0.295 e. The zero-order valence-corrected chi connectivity index (χ0v) is 18.4. The second kappa shape index (κ2) is 9.33. The van der Waals surface area contributed by atoms with Crippen LogP contribution in [0.2, 0.25) is 0 Å². The van der Waals surface area contributed by atoms with Crippen LogP contribution in [-0.2, 0) is 9.59 Å². The summed E-state index contributed by atoms with van der Waals surface area (Å²) in [6.07, 6.45) is 2.60. The van der Waals surface area contributed by atoms with Gasteiger partial charge in [-0.2, -0.15) is 0 Å². The highest BCUT2D eigenvalue weighted by Gasteiger charge is 2.46. The summed E-state index contributed by atoms with van der Waals surface area (Å²) in [4.78, 5) is 27.4. The number of rotatable bonds is 7. The van der Waals surface area contributed by atoms with Crippen LogP contribution >= 0.6 is 0 Å². The van der Waals surface area contributed by atoms with Crippen LogP contribution in [0.4, 0.5) is 4.39 Å². The number of ketones is 1. The van der Waals surface area contributed by atoms with Crippen LogP contribution in [0.25, 0.3) is 5.76 Å². The predicted molar refractivity (Wildman–Crippen MR) is 117 cm³/mol. The maximum Gasteiger partial charge on any atom is 0.295 e. The van der Waals surface area contributed by atoms with Crippen LogP contribution in [0.3, 0.4) is 0 Å². The topological polar surface area (TPSA) is 66.8 Å². The summed E-state index contributed by atoms with van der Waals surface area (Å²) >= 11 is 0. The number of unbranched alkanes of at least 4 members (excludes halogenated alkanes) is 2. The Morgan fingerprint density at radius 2 is 1.81 bits per heavy atom. The second-order valence-electron chi connectivity index (χ2n) is 7.91. The molecule has 5 nitrogen and oxygen atoms in total. The number of hydrogen-bond donors (Lipinski definition) is 1. The Kier molecular flexibility index (Phi) is 6.78. The number of aliphatic hydroxyl groups is 1. The molecule has 0 saturated carbocycles. The summed E-state index contributed by atoms with van der Waals surface area (Å²) in [6, 6.07) is 8.53. The van der Waals surface area contributed by atoms with Gasteiger partial charge in [-0.15, -0.1) is 0 Å². The zero-order chi connectivity index (χ0) is 22.7. The van der Waals surface area contributed by atoms with Crippen molar-refractivity contribution in [2.45, 2.75) is 46.1 Å². The van der Waals surface area contributed by atoms with Gasteiger partial charge in [-0.1, -0.05) is 38.0 Å². The normalized spacial score (nSPS) is 18.0. The number of nitrogens with zero attached hydrogens (tertiary/aromatic N) is 1. The number of amides is 1. The van der Waals surface area contributed by atoms with E-state index < -0.39 is 23.5 Å². The number of carbonyl (C=O) groups excluding carboxylic acids is 2. The van der Waals surface area contributed by atoms with E-state index in [0.29, 0.717) is 23.4 Å². The fraction of sp³-hybridized carbons (Fsp3) is 0.360. The largest absolute Gasteiger partial charge is 0.507 e. The number of aliphatic hydroxyl groups excluding tert-OH is 1. The molecule has 0 spiro atoms. The monoisotopic (exact) mass is 425 g/mol. The third kappa shape index (κ3) is 4.33. The first-order valence-corrected chi connectivity index (χ1v) is 10.5. The highest BCUT2D eigenvalue weighted by molar-refractivity contribution is 6.46. The molecule has 0 aromatic heterocycles. The Morgan fingerprint density at radius 3 is 2.42 bits per heavy atom. The number of benzene rings is 2. The van der Waals surface area contributed by atoms with Crippen molar-refractivity contribution in [2.75, 3.05) is 13.7 Å². The summed E-state index contributed by atoms with van der Waals surface area (Å²) in [5.74, 6) is -1.66. The van der Waals surface area contributed by atoms with Gasteiger partial charge in [0, 0.05) is 6.54 Å². The lowest BCUT2D eigenvalue weighted by Crippen LogP contribution is -2.30. The van der Waals surface area contributed by atoms with Crippen molar-refractivity contribution in [1.82, 2.24) is 4.90 Å². The molecule has 6 heteroatoms. The van der Waals surface area contributed by atoms with Crippen LogP contribution in [-0.4, -0.2) is 35.4 Å². The van der Waals surface area contributed by atoms with Crippen LogP contribution in [0.1, 0.15) is 54.5 Å². The molecule has 1 heterocycles. The second-order valence-corrected chi connectivity index (χ2v) is 7.91. The summed E-state index contributed by atoms with van der Waals surface area (Å²) < 4.78 is 19.0. The van der Waals surface area contributed by atoms with Crippen molar-refractivity contribution in [3.8, 4) is 5.75 Å². The van der Waals surface area contributed by atoms with Crippen LogP contribution in [0.15, 0.2) is 42.0 Å². The van der Waals surface area contributed by atoms with Gasteiger partial charge in [-0.25, -0.2) is 4.39 Å². The van der Waals surface area contributed by atoms with Crippen molar-refractivity contribution in [2.24, 2.45) is 0 Å². The lowest BCUT2D eigenvalue weighted by Gasteiger charge is -2.25. The molecule has 1 saturated heterocycles. The number of methoxy groups -OCH3 is 1. The minimum atomic E-state index is -0.789. The molecule has 2 aromatic carbocycles. The van der Waals surface area contributed by atoms with Crippen LogP contribution in [0, 0.1) is 19.7 Å². The Labute approximate surface area is 182 Å². The summed E-state index contributed by atoms with van der Waals surface area (Å²) in [7, 11) is 1.50. The van der Waals surface area contributed by atoms with E-state index in [9.17, 15) is 19.1 Å². The number of carbonyl (C=O) groups is 2. The highest BCUT2D eigenvalue weighted by atomic mass is 19.1. The van der Waals surface area contributed by atoms with E-state index >= 15 is 0 Å². The molecule has 3 rings (SSSR count). The summed E-state index contributed by atoms with van der Waals surface area (Å²) in [6.45, 7) is 6.16. The summed E-state index contributed by atoms with van der Waals surface area (Å²) in [5, 5.41) is 11.3. The fourth-order valence-electron chi connectivity index (χ4n) is 4.18. The van der Waals surface area contributed by atoms with Gasteiger partial charge in [0.2, 0.25) is 0 Å². The number of halogens is 1. The van der Waals surface area contributed by atoms with E-state index in [1.807, 2.05) is 19.9 Å². The number of likely N-dealkylation sites (tertiary alicyclic amines) is 1. The summed E-state index contributed by atoms with van der Waals surface area (Å²) in [5.41, 5.74) is 2.62. The molecule has 1 aliphatic heterocycles. The van der Waals surface area contributed by atoms with Crippen LogP contribution in [0.5, 0.6) is 5.75 Å². The predicted octanol–water partition coefficient (Wildman–Crippen LogP) is 5.06. The maximum absolute atomic E-state index is 13.6. The van der Waals surface area contributed by atoms with Gasteiger partial charge in [0.25, 0.3) is 11.7 Å². The first kappa shape index (κ1) is 22.5. The van der Waals surface area contributed by atoms with E-state index in [0.717, 1.165) is 30.4 Å². The van der Waals surface area contributed by atoms with Crippen LogP contribution < -0.4 is 4.74 Å². The third-order valence-electron chi connectivity index (χ3n) is 5.61. The molecule has 1 amide bonds. The van der Waals surface area contributed by atoms with E-state index in [4.69, 9.17) is 4.74 Å². The molecule has 0 bridgehead atoms. The molecule has 1 N–H and O–H groups in total. The molecule has 1 unspecified atom stereocenters. The van der Waals surface area contributed by atoms with Gasteiger partial charge in [0.1, 0.15) is 17.3 Å². The Morgan fingerprint density at radius 1 is 1.13 bits per heavy atom. The van der Waals surface area contributed by atoms with Gasteiger partial charge < -0.3 is 14.7 Å². The Balaban J connectivity index is 2.21. The first-order chi connectivity index (χ1) is 14.8. The standard InChI is InChI=1S/C25H28FNO4/c1-5-6-7-12-27-21(17-8-10-18(26)11-9-17)20(23(29)25(27)30)22(28)19-14-15(2)13-16(3)24(19)31-4/h8-11,13-14,21,28H,5-7,12H2,1-4H3/b22-20+. The molecular formula is C25H28FNO4. The lowest BCUT2D eigenvalue weighted by molar-refractivity contribution is -0.139. The Bertz CT molecular complexity index is 1030. The van der Waals surface area contributed by atoms with E-state index in [1.165, 1.54) is 24.1 Å². The lowest BCUT2D eigenvalue weighted by atomic mass is 9.93. The maximum atomic E-state index is 13.6. The number of hydrogen-bond acceptors (Lipinski definition) is 4. The molecule has 1 fully saturated rings. The Hall–Kier alpha value is -3.15. The van der Waals surface area contributed by atoms with Gasteiger partial charge in [-0.05, 0) is 55.2 Å². The third-order valence-corrected chi connectivity index (χ3v) is 5.61. The van der Waals surface area contributed by atoms with Gasteiger partial charge >= 0.3 is 0 Å². The van der Waals surface area contributed by atoms with Crippen molar-refractivity contribution in [3.05, 3.63) is 70.0 Å². The molecule has 31 heavy (non-hydrogen) atoms. The van der Waals surface area contributed by atoms with Crippen molar-refractivity contribution < 1.29 is 23.8 Å². The average molecular weight is 426 g/mol. The molecular weight excluding hydrogens is 397 g/mol. The molecule has 164 valence electrons. The minimum absolute atomic E-state index is 0.00333. The number of aryl methyl sites for hydroxylation is 2. The highest BCUT2D eigenvalue weighted by Crippen LogP contribution is 2.41. The van der Waals surface area contributed by atoms with E-state index in [2.05, 4.69) is 6.92 Å². The van der Waals surface area contributed by atoms with Gasteiger partial charge in [0.05, 0.1) is 24.3 Å². The molecule has 2 aromatic rings. The average Bonchev–Trinajstić information content (AvgIpc) is 2.98. The van der Waals surface area contributed by atoms with Crippen molar-refractivity contribution in [1.29, 1.82) is 0 Å². The fourth-order valence-corrected chi connectivity index (χ4v) is 4.18. The van der Waals surface area contributed by atoms with Crippen molar-refractivity contribution in [3.63, 3.8) is 0 Å². The van der Waals surface area contributed by atoms with E-state index in [-0.39, 0.29) is 11.3 Å². The van der Waals surface area contributed by atoms with E-state index in [1.54, 1.807) is 18.2 Å². The number of Topliss-reactive ketones (excluding diaryl/α,β-unsaturated/α-hetero) is 1. The first-order valence-electron chi connectivity index (χ1n) is 10.5. The molecule has 1 aliphatic rings. The minimum Gasteiger partial charge on any atom is -0.507 e. The van der Waals surface area contributed by atoms with Crippen molar-refractivity contribution >= 4 is 17.4 Å². The molecule has 1 atom stereocenters.